The van der Waals surface area contributed by atoms with Gasteiger partial charge in [-0.1, -0.05) is 290 Å². The van der Waals surface area contributed by atoms with Gasteiger partial charge in [-0.15, -0.1) is 0 Å². The molecule has 0 amide bonds. The van der Waals surface area contributed by atoms with E-state index in [0.29, 0.717) is 19.3 Å². The van der Waals surface area contributed by atoms with Gasteiger partial charge in [0.1, 0.15) is 13.2 Å². The Hall–Kier alpha value is -4.19. The molecule has 0 fully saturated rings. The van der Waals surface area contributed by atoms with Crippen molar-refractivity contribution in [1.29, 1.82) is 0 Å². The molecule has 1 atom stereocenters. The summed E-state index contributed by atoms with van der Waals surface area (Å²) in [6.07, 6.45) is 94.9. The minimum atomic E-state index is -0.795. The molecular weight excluding hydrogens is 997 g/mol. The quantitative estimate of drug-likeness (QED) is 0.0261. The lowest BCUT2D eigenvalue weighted by Crippen LogP contribution is -2.30. The van der Waals surface area contributed by atoms with Crippen molar-refractivity contribution in [3.63, 3.8) is 0 Å². The fourth-order valence-corrected chi connectivity index (χ4v) is 9.40. The van der Waals surface area contributed by atoms with Crippen LogP contribution in [-0.2, 0) is 28.6 Å². The van der Waals surface area contributed by atoms with Gasteiger partial charge in [-0.2, -0.15) is 0 Å². The average molecular weight is 1120 g/mol. The van der Waals surface area contributed by atoms with E-state index in [-0.39, 0.29) is 31.1 Å². The van der Waals surface area contributed by atoms with E-state index in [1.54, 1.807) is 0 Å². The molecule has 0 aromatic heterocycles. The molecule has 6 heteroatoms. The molecule has 6 nitrogen and oxygen atoms in total. The topological polar surface area (TPSA) is 78.9 Å². The summed E-state index contributed by atoms with van der Waals surface area (Å²) < 4.78 is 17.0. The molecule has 0 aliphatic rings. The van der Waals surface area contributed by atoms with E-state index in [0.717, 1.165) is 141 Å². The second-order valence-electron chi connectivity index (χ2n) is 22.3. The Balaban J connectivity index is 4.37. The maximum Gasteiger partial charge on any atom is 0.306 e. The molecule has 0 spiro atoms. The van der Waals surface area contributed by atoms with Gasteiger partial charge in [0, 0.05) is 19.3 Å². The summed E-state index contributed by atoms with van der Waals surface area (Å²) in [5, 5.41) is 0. The van der Waals surface area contributed by atoms with E-state index in [9.17, 15) is 14.4 Å². The monoisotopic (exact) mass is 1120 g/mol. The van der Waals surface area contributed by atoms with Crippen molar-refractivity contribution in [1.82, 2.24) is 0 Å². The Labute approximate surface area is 501 Å². The molecule has 0 N–H and O–H groups in total. The number of hydrogen-bond donors (Lipinski definition) is 0. The maximum absolute atomic E-state index is 13.0. The Morgan fingerprint density at radius 1 is 0.259 bits per heavy atom. The molecule has 0 saturated heterocycles. The summed E-state index contributed by atoms with van der Waals surface area (Å²) in [7, 11) is 0. The minimum absolute atomic E-state index is 0.0891. The molecule has 0 aromatic carbocycles. The summed E-state index contributed by atoms with van der Waals surface area (Å²) in [6, 6.07) is 0. The summed E-state index contributed by atoms with van der Waals surface area (Å²) in [5.74, 6) is -0.907. The molecule has 81 heavy (non-hydrogen) atoms. The van der Waals surface area contributed by atoms with Gasteiger partial charge in [-0.3, -0.25) is 14.4 Å². The second kappa shape index (κ2) is 68.3. The predicted octanol–water partition coefficient (Wildman–Crippen LogP) is 23.6. The number of ether oxygens (including phenoxy) is 3. The molecule has 0 aliphatic heterocycles. The molecule has 0 rings (SSSR count). The van der Waals surface area contributed by atoms with Crippen molar-refractivity contribution in [2.45, 2.75) is 322 Å². The van der Waals surface area contributed by atoms with Crippen molar-refractivity contribution < 1.29 is 28.6 Å². The first kappa shape index (κ1) is 76.8. The zero-order valence-electron chi connectivity index (χ0n) is 53.0. The van der Waals surface area contributed by atoms with Gasteiger partial charge in [0.15, 0.2) is 6.10 Å². The van der Waals surface area contributed by atoms with E-state index in [1.165, 1.54) is 135 Å². The Bertz CT molecular complexity index is 1670. The zero-order valence-corrected chi connectivity index (χ0v) is 53.0. The van der Waals surface area contributed by atoms with Gasteiger partial charge < -0.3 is 14.2 Å². The van der Waals surface area contributed by atoms with Gasteiger partial charge in [-0.05, 0) is 128 Å². The highest BCUT2D eigenvalue weighted by molar-refractivity contribution is 5.71. The fourth-order valence-electron chi connectivity index (χ4n) is 9.40. The van der Waals surface area contributed by atoms with Crippen molar-refractivity contribution in [2.24, 2.45) is 0 Å². The largest absolute Gasteiger partial charge is 0.462 e. The van der Waals surface area contributed by atoms with Crippen molar-refractivity contribution in [2.75, 3.05) is 13.2 Å². The van der Waals surface area contributed by atoms with Gasteiger partial charge in [0.25, 0.3) is 0 Å². The van der Waals surface area contributed by atoms with E-state index in [4.69, 9.17) is 14.2 Å². The van der Waals surface area contributed by atoms with Crippen molar-refractivity contribution in [3.8, 4) is 0 Å². The second-order valence-corrected chi connectivity index (χ2v) is 22.3. The summed E-state index contributed by atoms with van der Waals surface area (Å²) >= 11 is 0. The Kier molecular flexibility index (Phi) is 64.8. The summed E-state index contributed by atoms with van der Waals surface area (Å²) in [4.78, 5) is 38.4. The van der Waals surface area contributed by atoms with Crippen LogP contribution in [0.5, 0.6) is 0 Å². The third kappa shape index (κ3) is 66.5. The maximum atomic E-state index is 13.0. The number of carbonyl (C=O) groups excluding carboxylic acids is 3. The van der Waals surface area contributed by atoms with Gasteiger partial charge in [0.2, 0.25) is 0 Å². The Morgan fingerprint density at radius 3 is 0.753 bits per heavy atom. The normalized spacial score (nSPS) is 12.9. The van der Waals surface area contributed by atoms with Crippen LogP contribution in [0.25, 0.3) is 0 Å². The Morgan fingerprint density at radius 2 is 0.481 bits per heavy atom. The van der Waals surface area contributed by atoms with E-state index < -0.39 is 6.10 Å². The lowest BCUT2D eigenvalue weighted by molar-refractivity contribution is -0.167. The van der Waals surface area contributed by atoms with E-state index in [1.807, 2.05) is 0 Å². The predicted molar refractivity (Wildman–Crippen MR) is 353 cm³/mol. The van der Waals surface area contributed by atoms with Crippen molar-refractivity contribution >= 4 is 17.9 Å². The van der Waals surface area contributed by atoms with Crippen LogP contribution in [0.1, 0.15) is 316 Å². The first-order valence-electron chi connectivity index (χ1n) is 34.0. The van der Waals surface area contributed by atoms with E-state index >= 15 is 0 Å². The molecule has 0 bridgehead atoms. The summed E-state index contributed by atoms with van der Waals surface area (Å²) in [5.41, 5.74) is 0. The molecule has 0 aromatic rings. The van der Waals surface area contributed by atoms with Crippen LogP contribution in [0.15, 0.2) is 122 Å². The number of carbonyl (C=O) groups is 3. The lowest BCUT2D eigenvalue weighted by atomic mass is 10.0. The van der Waals surface area contributed by atoms with Gasteiger partial charge in [-0.25, -0.2) is 0 Å². The highest BCUT2D eigenvalue weighted by Gasteiger charge is 2.19. The number of esters is 3. The van der Waals surface area contributed by atoms with Crippen LogP contribution in [0, 0.1) is 0 Å². The SMILES string of the molecule is CC/C=C\C/C=C\C/C=C\C/C=C\CCCCCCCCCCCCCCC(=O)OCC(COC(=O)CCCCCCC/C=C\C/C=C\C/C=C\CC)OC(=O)CCCCCCCCCC/C=C\C/C=C\C/C=C\CCCCCCC. The summed E-state index contributed by atoms with van der Waals surface area (Å²) in [6.45, 7) is 6.41. The average Bonchev–Trinajstić information content (AvgIpc) is 3.47. The van der Waals surface area contributed by atoms with Crippen LogP contribution in [0.4, 0.5) is 0 Å². The smallest absolute Gasteiger partial charge is 0.306 e. The highest BCUT2D eigenvalue weighted by atomic mass is 16.6. The van der Waals surface area contributed by atoms with Crippen LogP contribution < -0.4 is 0 Å². The van der Waals surface area contributed by atoms with Crippen LogP contribution in [0.3, 0.4) is 0 Å². The van der Waals surface area contributed by atoms with Crippen molar-refractivity contribution in [3.05, 3.63) is 122 Å². The zero-order chi connectivity index (χ0) is 58.5. The molecule has 0 saturated carbocycles. The lowest BCUT2D eigenvalue weighted by Gasteiger charge is -2.18. The standard InChI is InChI=1S/C75H126O6/c1-4-7-10-13-16-19-22-25-28-30-32-34-36-37-39-40-42-44-47-50-53-56-59-62-65-68-74(77)80-71-72(70-79-73(76)67-64-61-58-55-52-49-46-27-24-21-18-15-12-9-6-3)81-75(78)69-66-63-60-57-54-51-48-45-43-41-38-35-33-31-29-26-23-20-17-14-11-8-5-2/h7,9-10,12,16,18-19,21,23,25-28,31-34,38,41,46,72H,4-6,8,11,13-15,17,20,22,24,29-30,35-37,39-40,42-45,47-71H2,1-3H3/b10-7-,12-9-,19-16-,21-18-,26-23-,28-25-,33-31-,34-32-,41-38-,46-27-. The van der Waals surface area contributed by atoms with E-state index in [2.05, 4.69) is 142 Å². The number of allylic oxidation sites excluding steroid dienone is 20. The first-order valence-corrected chi connectivity index (χ1v) is 34.0. The molecule has 462 valence electrons. The third-order valence-corrected chi connectivity index (χ3v) is 14.4. The molecule has 0 aliphatic carbocycles. The molecule has 1 unspecified atom stereocenters. The van der Waals surface area contributed by atoms with Crippen LogP contribution >= 0.6 is 0 Å². The van der Waals surface area contributed by atoms with Crippen LogP contribution in [0.2, 0.25) is 0 Å². The number of hydrogen-bond acceptors (Lipinski definition) is 6. The molecular formula is C75H126O6. The third-order valence-electron chi connectivity index (χ3n) is 14.4. The van der Waals surface area contributed by atoms with Gasteiger partial charge >= 0.3 is 17.9 Å². The number of rotatable bonds is 61. The molecule has 0 radical (unpaired) electrons. The van der Waals surface area contributed by atoms with Gasteiger partial charge in [0.05, 0.1) is 0 Å². The fraction of sp³-hybridized carbons (Fsp3) is 0.693. The van der Waals surface area contributed by atoms with Crippen LogP contribution in [-0.4, -0.2) is 37.2 Å². The highest BCUT2D eigenvalue weighted by Crippen LogP contribution is 2.16. The number of unbranched alkanes of at least 4 members (excludes halogenated alkanes) is 30. The minimum Gasteiger partial charge on any atom is -0.462 e. The molecule has 0 heterocycles. The first-order chi connectivity index (χ1) is 40.0.